The molecule has 1 aromatic carbocycles. The van der Waals surface area contributed by atoms with Crippen molar-refractivity contribution in [1.82, 2.24) is 15.1 Å². The summed E-state index contributed by atoms with van der Waals surface area (Å²) in [6.07, 6.45) is -0.805. The standard InChI is InChI=1S/C17H19N3O6S/c1-10(15(21)18-11-7-8-27(24,25)9-11)26-17(23)14-12-5-3-4-6-13(12)16(22)20(2)19-14/h3-6,10-11H,7-9H2,1-2H3,(H,18,21). The number of nitrogens with one attached hydrogen (secondary N) is 1. The summed E-state index contributed by atoms with van der Waals surface area (Å²) in [5.41, 5.74) is -0.425. The van der Waals surface area contributed by atoms with Crippen LogP contribution in [0.4, 0.5) is 0 Å². The summed E-state index contributed by atoms with van der Waals surface area (Å²) in [5.74, 6) is -1.52. The largest absolute Gasteiger partial charge is 0.448 e. The molecule has 1 saturated heterocycles. The molecule has 0 spiro atoms. The van der Waals surface area contributed by atoms with E-state index in [0.717, 1.165) is 4.68 Å². The van der Waals surface area contributed by atoms with Crippen LogP contribution in [0.15, 0.2) is 29.1 Å². The molecule has 1 aromatic heterocycles. The van der Waals surface area contributed by atoms with E-state index in [4.69, 9.17) is 4.74 Å². The van der Waals surface area contributed by atoms with Crippen molar-refractivity contribution in [3.63, 3.8) is 0 Å². The zero-order valence-corrected chi connectivity index (χ0v) is 15.7. The maximum absolute atomic E-state index is 12.5. The number of ether oxygens (including phenoxy) is 1. The van der Waals surface area contributed by atoms with E-state index in [1.807, 2.05) is 0 Å². The van der Waals surface area contributed by atoms with Crippen LogP contribution < -0.4 is 10.9 Å². The molecule has 0 radical (unpaired) electrons. The van der Waals surface area contributed by atoms with E-state index < -0.39 is 33.9 Å². The van der Waals surface area contributed by atoms with Gasteiger partial charge in [-0.15, -0.1) is 0 Å². The molecule has 27 heavy (non-hydrogen) atoms. The van der Waals surface area contributed by atoms with E-state index in [9.17, 15) is 22.8 Å². The second-order valence-electron chi connectivity index (χ2n) is 6.48. The van der Waals surface area contributed by atoms with Crippen molar-refractivity contribution < 1.29 is 22.7 Å². The predicted octanol–water partition coefficient (Wildman–Crippen LogP) is -0.218. The molecule has 2 heterocycles. The van der Waals surface area contributed by atoms with Crippen molar-refractivity contribution >= 4 is 32.5 Å². The van der Waals surface area contributed by atoms with Gasteiger partial charge in [0.05, 0.1) is 16.9 Å². The van der Waals surface area contributed by atoms with Gasteiger partial charge < -0.3 is 10.1 Å². The average Bonchev–Trinajstić information content (AvgIpc) is 2.96. The SMILES string of the molecule is CC(OC(=O)c1nn(C)c(=O)c2ccccc12)C(=O)NC1CCS(=O)(=O)C1. The lowest BCUT2D eigenvalue weighted by Gasteiger charge is -2.17. The van der Waals surface area contributed by atoms with Gasteiger partial charge in [-0.25, -0.2) is 17.9 Å². The fourth-order valence-electron chi connectivity index (χ4n) is 2.95. The number of hydrogen-bond acceptors (Lipinski definition) is 7. The number of carbonyl (C=O) groups excluding carboxylic acids is 2. The minimum absolute atomic E-state index is 0.0278. The Labute approximate surface area is 155 Å². The van der Waals surface area contributed by atoms with Crippen molar-refractivity contribution in [2.75, 3.05) is 11.5 Å². The van der Waals surface area contributed by atoms with Crippen molar-refractivity contribution in [2.24, 2.45) is 7.05 Å². The molecule has 1 amide bonds. The molecule has 2 atom stereocenters. The van der Waals surface area contributed by atoms with E-state index in [1.165, 1.54) is 14.0 Å². The first-order chi connectivity index (χ1) is 12.7. The number of benzene rings is 1. The molecule has 2 unspecified atom stereocenters. The van der Waals surface area contributed by atoms with Crippen LogP contribution >= 0.6 is 0 Å². The fraction of sp³-hybridized carbons (Fsp3) is 0.412. The number of hydrogen-bond donors (Lipinski definition) is 1. The maximum Gasteiger partial charge on any atom is 0.360 e. The van der Waals surface area contributed by atoms with Gasteiger partial charge in [0.15, 0.2) is 21.6 Å². The highest BCUT2D eigenvalue weighted by atomic mass is 32.2. The van der Waals surface area contributed by atoms with Crippen molar-refractivity contribution in [3.05, 3.63) is 40.3 Å². The Morgan fingerprint density at radius 2 is 1.96 bits per heavy atom. The first kappa shape index (κ1) is 19.0. The van der Waals surface area contributed by atoms with E-state index in [1.54, 1.807) is 24.3 Å². The van der Waals surface area contributed by atoms with Gasteiger partial charge in [-0.05, 0) is 19.4 Å². The topological polar surface area (TPSA) is 124 Å². The zero-order valence-electron chi connectivity index (χ0n) is 14.8. The summed E-state index contributed by atoms with van der Waals surface area (Å²) >= 11 is 0. The van der Waals surface area contributed by atoms with Crippen LogP contribution in [-0.4, -0.2) is 53.7 Å². The minimum Gasteiger partial charge on any atom is -0.448 e. The smallest absolute Gasteiger partial charge is 0.360 e. The molecule has 1 N–H and O–H groups in total. The second kappa shape index (κ2) is 7.10. The molecule has 3 rings (SSSR count). The van der Waals surface area contributed by atoms with E-state index >= 15 is 0 Å². The van der Waals surface area contributed by atoms with Crippen LogP contribution in [-0.2, 0) is 26.4 Å². The maximum atomic E-state index is 12.5. The zero-order chi connectivity index (χ0) is 19.8. The number of aryl methyl sites for hydroxylation is 1. The lowest BCUT2D eigenvalue weighted by atomic mass is 10.1. The fourth-order valence-corrected chi connectivity index (χ4v) is 4.62. The Morgan fingerprint density at radius 3 is 2.59 bits per heavy atom. The third-order valence-electron chi connectivity index (χ3n) is 4.38. The highest BCUT2D eigenvalue weighted by molar-refractivity contribution is 7.91. The minimum atomic E-state index is -3.13. The first-order valence-corrected chi connectivity index (χ1v) is 10.2. The molecule has 1 aliphatic rings. The van der Waals surface area contributed by atoms with Crippen molar-refractivity contribution in [2.45, 2.75) is 25.5 Å². The van der Waals surface area contributed by atoms with Crippen LogP contribution in [0.25, 0.3) is 10.8 Å². The number of rotatable bonds is 4. The average molecular weight is 393 g/mol. The van der Waals surface area contributed by atoms with Crippen LogP contribution in [0.2, 0.25) is 0 Å². The second-order valence-corrected chi connectivity index (χ2v) is 8.71. The Hall–Kier alpha value is -2.75. The van der Waals surface area contributed by atoms with Gasteiger partial charge in [-0.2, -0.15) is 5.10 Å². The molecule has 0 saturated carbocycles. The van der Waals surface area contributed by atoms with Crippen LogP contribution in [0.1, 0.15) is 23.8 Å². The third-order valence-corrected chi connectivity index (χ3v) is 6.15. The van der Waals surface area contributed by atoms with Gasteiger partial charge in [0.25, 0.3) is 11.5 Å². The Morgan fingerprint density at radius 1 is 1.30 bits per heavy atom. The van der Waals surface area contributed by atoms with E-state index in [-0.39, 0.29) is 22.8 Å². The van der Waals surface area contributed by atoms with Gasteiger partial charge in [0.1, 0.15) is 0 Å². The number of carbonyl (C=O) groups is 2. The summed E-state index contributed by atoms with van der Waals surface area (Å²) in [4.78, 5) is 36.8. The highest BCUT2D eigenvalue weighted by Gasteiger charge is 2.31. The van der Waals surface area contributed by atoms with Crippen molar-refractivity contribution in [1.29, 1.82) is 0 Å². The molecule has 144 valence electrons. The third kappa shape index (κ3) is 4.00. The number of esters is 1. The molecule has 2 aromatic rings. The van der Waals surface area contributed by atoms with Gasteiger partial charge in [-0.3, -0.25) is 9.59 Å². The number of nitrogens with zero attached hydrogens (tertiary/aromatic N) is 2. The van der Waals surface area contributed by atoms with Gasteiger partial charge in [-0.1, -0.05) is 18.2 Å². The summed E-state index contributed by atoms with van der Waals surface area (Å²) < 4.78 is 29.2. The number of amides is 1. The number of fused-ring (bicyclic) bond motifs is 1. The first-order valence-electron chi connectivity index (χ1n) is 8.36. The van der Waals surface area contributed by atoms with E-state index in [2.05, 4.69) is 10.4 Å². The van der Waals surface area contributed by atoms with Crippen LogP contribution in [0.5, 0.6) is 0 Å². The summed E-state index contributed by atoms with van der Waals surface area (Å²) in [5, 5.41) is 7.18. The van der Waals surface area contributed by atoms with Crippen LogP contribution in [0, 0.1) is 0 Å². The number of aromatic nitrogens is 2. The monoisotopic (exact) mass is 393 g/mol. The Bertz CT molecular complexity index is 1080. The lowest BCUT2D eigenvalue weighted by molar-refractivity contribution is -0.129. The Kier molecular flexibility index (Phi) is 5.01. The van der Waals surface area contributed by atoms with Gasteiger partial charge in [0, 0.05) is 18.5 Å². The molecule has 9 nitrogen and oxygen atoms in total. The molecular weight excluding hydrogens is 374 g/mol. The predicted molar refractivity (Wildman–Crippen MR) is 97.1 cm³/mol. The summed E-state index contributed by atoms with van der Waals surface area (Å²) in [7, 11) is -1.71. The quantitative estimate of drug-likeness (QED) is 0.712. The summed E-state index contributed by atoms with van der Waals surface area (Å²) in [6.45, 7) is 1.39. The highest BCUT2D eigenvalue weighted by Crippen LogP contribution is 2.15. The van der Waals surface area contributed by atoms with Crippen molar-refractivity contribution in [3.8, 4) is 0 Å². The van der Waals surface area contributed by atoms with Gasteiger partial charge in [0.2, 0.25) is 0 Å². The molecular formula is C17H19N3O6S. The van der Waals surface area contributed by atoms with Crippen LogP contribution in [0.3, 0.4) is 0 Å². The molecule has 0 aliphatic carbocycles. The normalized spacial score (nSPS) is 19.6. The van der Waals surface area contributed by atoms with Gasteiger partial charge >= 0.3 is 5.97 Å². The number of sulfone groups is 1. The lowest BCUT2D eigenvalue weighted by Crippen LogP contribution is -2.42. The summed E-state index contributed by atoms with van der Waals surface area (Å²) in [6, 6.07) is 6.00. The molecule has 0 bridgehead atoms. The molecule has 10 heteroatoms. The molecule has 1 aliphatic heterocycles. The van der Waals surface area contributed by atoms with E-state index in [0.29, 0.717) is 17.2 Å². The molecule has 1 fully saturated rings. The Balaban J connectivity index is 1.75.